The van der Waals surface area contributed by atoms with Gasteiger partial charge < -0.3 is 0 Å². The first-order valence-corrected chi connectivity index (χ1v) is 7.54. The van der Waals surface area contributed by atoms with Gasteiger partial charge in [0.15, 0.2) is 5.65 Å². The van der Waals surface area contributed by atoms with E-state index in [-0.39, 0.29) is 5.38 Å². The van der Waals surface area contributed by atoms with E-state index in [0.29, 0.717) is 5.02 Å². The number of halogens is 2. The van der Waals surface area contributed by atoms with Crippen molar-refractivity contribution < 1.29 is 0 Å². The van der Waals surface area contributed by atoms with Crippen LogP contribution < -0.4 is 0 Å². The van der Waals surface area contributed by atoms with Gasteiger partial charge in [0.1, 0.15) is 11.3 Å². The van der Waals surface area contributed by atoms with Crippen LogP contribution in [0.2, 0.25) is 5.02 Å². The molecule has 0 spiro atoms. The molecule has 2 aromatic heterocycles. The normalized spacial score (nSPS) is 13.0. The lowest BCUT2D eigenvalue weighted by molar-refractivity contribution is 0.747. The minimum atomic E-state index is -0.213. The number of imidazole rings is 1. The molecule has 0 amide bonds. The number of hydrogen-bond acceptors (Lipinski definition) is 2. The van der Waals surface area contributed by atoms with Gasteiger partial charge in [0.25, 0.3) is 0 Å². The van der Waals surface area contributed by atoms with E-state index in [1.807, 2.05) is 55.3 Å². The number of aryl methyl sites for hydroxylation is 3. The molecule has 0 aliphatic rings. The molecule has 3 aromatic rings. The molecule has 0 fully saturated rings. The van der Waals surface area contributed by atoms with Crippen molar-refractivity contribution in [2.45, 2.75) is 26.1 Å². The summed E-state index contributed by atoms with van der Waals surface area (Å²) in [7, 11) is 1.91. The molecule has 0 radical (unpaired) electrons. The van der Waals surface area contributed by atoms with Crippen LogP contribution in [0.5, 0.6) is 0 Å². The van der Waals surface area contributed by atoms with E-state index in [1.165, 1.54) is 0 Å². The SMILES string of the molecule is Cc1ccc(Cl)cc1-n1c(C(C)Cl)nc2c(C)nn(C)c21. The molecule has 21 heavy (non-hydrogen) atoms. The highest BCUT2D eigenvalue weighted by atomic mass is 35.5. The highest BCUT2D eigenvalue weighted by Crippen LogP contribution is 2.31. The fraction of sp³-hybridized carbons (Fsp3) is 0.333. The van der Waals surface area contributed by atoms with Gasteiger partial charge in [0.2, 0.25) is 0 Å². The summed E-state index contributed by atoms with van der Waals surface area (Å²) < 4.78 is 3.88. The van der Waals surface area contributed by atoms with Crippen LogP contribution in [0.25, 0.3) is 16.9 Å². The standard InChI is InChI=1S/C15H16Cl2N4/c1-8-5-6-11(17)7-12(8)21-14(9(2)16)18-13-10(3)19-20(4)15(13)21/h5-7,9H,1-4H3. The van der Waals surface area contributed by atoms with Gasteiger partial charge in [0, 0.05) is 12.1 Å². The maximum Gasteiger partial charge on any atom is 0.163 e. The van der Waals surface area contributed by atoms with E-state index in [4.69, 9.17) is 23.2 Å². The van der Waals surface area contributed by atoms with Gasteiger partial charge in [-0.1, -0.05) is 17.7 Å². The van der Waals surface area contributed by atoms with Crippen molar-refractivity contribution in [3.8, 4) is 5.69 Å². The van der Waals surface area contributed by atoms with Gasteiger partial charge in [-0.25, -0.2) is 9.67 Å². The van der Waals surface area contributed by atoms with E-state index >= 15 is 0 Å². The number of nitrogens with zero attached hydrogens (tertiary/aromatic N) is 4. The summed E-state index contributed by atoms with van der Waals surface area (Å²) in [5.74, 6) is 0.799. The van der Waals surface area contributed by atoms with Crippen LogP contribution in [-0.4, -0.2) is 19.3 Å². The molecule has 110 valence electrons. The average Bonchev–Trinajstić information content (AvgIpc) is 2.92. The summed E-state index contributed by atoms with van der Waals surface area (Å²) in [6, 6.07) is 5.81. The molecule has 1 aromatic carbocycles. The first-order chi connectivity index (χ1) is 9.90. The van der Waals surface area contributed by atoms with E-state index in [2.05, 4.69) is 10.1 Å². The summed E-state index contributed by atoms with van der Waals surface area (Å²) in [4.78, 5) is 4.68. The van der Waals surface area contributed by atoms with Crippen molar-refractivity contribution in [2.24, 2.45) is 7.05 Å². The smallest absolute Gasteiger partial charge is 0.163 e. The third kappa shape index (κ3) is 2.23. The van der Waals surface area contributed by atoms with Gasteiger partial charge in [0.05, 0.1) is 16.8 Å². The molecule has 6 heteroatoms. The summed E-state index contributed by atoms with van der Waals surface area (Å²) in [6.45, 7) is 5.92. The molecular weight excluding hydrogens is 307 g/mol. The van der Waals surface area contributed by atoms with Crippen molar-refractivity contribution in [3.05, 3.63) is 40.3 Å². The third-order valence-corrected chi connectivity index (χ3v) is 4.03. The molecule has 0 saturated carbocycles. The highest BCUT2D eigenvalue weighted by molar-refractivity contribution is 6.30. The van der Waals surface area contributed by atoms with Crippen molar-refractivity contribution in [3.63, 3.8) is 0 Å². The topological polar surface area (TPSA) is 35.6 Å². The number of alkyl halides is 1. The Morgan fingerprint density at radius 3 is 2.62 bits per heavy atom. The number of benzene rings is 1. The van der Waals surface area contributed by atoms with Crippen LogP contribution in [0.3, 0.4) is 0 Å². The lowest BCUT2D eigenvalue weighted by atomic mass is 10.2. The molecule has 0 bridgehead atoms. The lowest BCUT2D eigenvalue weighted by Gasteiger charge is -2.14. The second-order valence-corrected chi connectivity index (χ2v) is 6.32. The Balaban J connectivity index is 2.44. The van der Waals surface area contributed by atoms with Crippen LogP contribution in [0.4, 0.5) is 0 Å². The molecule has 0 saturated heterocycles. The molecule has 0 aliphatic heterocycles. The maximum atomic E-state index is 6.34. The summed E-state index contributed by atoms with van der Waals surface area (Å²) >= 11 is 12.5. The predicted octanol–water partition coefficient (Wildman–Crippen LogP) is 4.33. The fourth-order valence-electron chi connectivity index (χ4n) is 2.62. The van der Waals surface area contributed by atoms with Crippen LogP contribution in [0.1, 0.15) is 29.4 Å². The zero-order valence-corrected chi connectivity index (χ0v) is 13.9. The molecule has 0 aliphatic carbocycles. The third-order valence-electron chi connectivity index (χ3n) is 3.60. The molecule has 4 nitrogen and oxygen atoms in total. The Labute approximate surface area is 133 Å². The summed E-state index contributed by atoms with van der Waals surface area (Å²) in [5.41, 5.74) is 4.79. The van der Waals surface area contributed by atoms with Crippen LogP contribution in [-0.2, 0) is 7.05 Å². The largest absolute Gasteiger partial charge is 0.279 e. The molecule has 3 rings (SSSR count). The Bertz CT molecular complexity index is 830. The van der Waals surface area contributed by atoms with E-state index < -0.39 is 0 Å². The van der Waals surface area contributed by atoms with E-state index in [1.54, 1.807) is 0 Å². The molecular formula is C15H16Cl2N4. The van der Waals surface area contributed by atoms with E-state index in [9.17, 15) is 0 Å². The second-order valence-electron chi connectivity index (χ2n) is 5.23. The van der Waals surface area contributed by atoms with Crippen LogP contribution >= 0.6 is 23.2 Å². The van der Waals surface area contributed by atoms with Crippen LogP contribution in [0.15, 0.2) is 18.2 Å². The van der Waals surface area contributed by atoms with Gasteiger partial charge in [-0.2, -0.15) is 5.10 Å². The van der Waals surface area contributed by atoms with Crippen molar-refractivity contribution >= 4 is 34.4 Å². The molecule has 2 heterocycles. The Hall–Kier alpha value is -1.52. The monoisotopic (exact) mass is 322 g/mol. The second kappa shape index (κ2) is 5.04. The van der Waals surface area contributed by atoms with Crippen LogP contribution in [0, 0.1) is 13.8 Å². The number of aromatic nitrogens is 4. The molecule has 1 atom stereocenters. The van der Waals surface area contributed by atoms with Gasteiger partial charge >= 0.3 is 0 Å². The van der Waals surface area contributed by atoms with Crippen molar-refractivity contribution in [1.82, 2.24) is 19.3 Å². The Morgan fingerprint density at radius 1 is 1.24 bits per heavy atom. The summed E-state index contributed by atoms with van der Waals surface area (Å²) in [5, 5.41) is 4.92. The summed E-state index contributed by atoms with van der Waals surface area (Å²) in [6.07, 6.45) is 0. The highest BCUT2D eigenvalue weighted by Gasteiger charge is 2.22. The van der Waals surface area contributed by atoms with E-state index in [0.717, 1.165) is 33.9 Å². The van der Waals surface area contributed by atoms with Gasteiger partial charge in [-0.15, -0.1) is 11.6 Å². The number of fused-ring (bicyclic) bond motifs is 1. The fourth-order valence-corrected chi connectivity index (χ4v) is 2.93. The number of rotatable bonds is 2. The van der Waals surface area contributed by atoms with Gasteiger partial charge in [-0.05, 0) is 38.5 Å². The Morgan fingerprint density at radius 2 is 1.95 bits per heavy atom. The zero-order valence-electron chi connectivity index (χ0n) is 12.4. The quantitative estimate of drug-likeness (QED) is 0.658. The van der Waals surface area contributed by atoms with Crippen molar-refractivity contribution in [1.29, 1.82) is 0 Å². The van der Waals surface area contributed by atoms with Gasteiger partial charge in [-0.3, -0.25) is 4.57 Å². The lowest BCUT2D eigenvalue weighted by Crippen LogP contribution is -2.07. The first kappa shape index (κ1) is 14.4. The average molecular weight is 323 g/mol. The van der Waals surface area contributed by atoms with Crippen molar-refractivity contribution in [2.75, 3.05) is 0 Å². The molecule has 0 N–H and O–H groups in total. The zero-order chi connectivity index (χ0) is 15.3. The number of hydrogen-bond donors (Lipinski definition) is 0. The minimum absolute atomic E-state index is 0.213. The minimum Gasteiger partial charge on any atom is -0.279 e. The molecule has 1 unspecified atom stereocenters. The first-order valence-electron chi connectivity index (χ1n) is 6.72. The maximum absolute atomic E-state index is 6.34. The Kier molecular flexibility index (Phi) is 3.46. The predicted molar refractivity (Wildman–Crippen MR) is 86.6 cm³/mol.